The van der Waals surface area contributed by atoms with E-state index in [0.717, 1.165) is 18.9 Å². The quantitative estimate of drug-likeness (QED) is 0.610. The first-order chi connectivity index (χ1) is 7.83. The molecular weight excluding hydrogens is 198 g/mol. The van der Waals surface area contributed by atoms with Crippen LogP contribution in [0.15, 0.2) is 0 Å². The molecule has 0 aromatic rings. The van der Waals surface area contributed by atoms with E-state index in [4.69, 9.17) is 4.74 Å². The molecule has 2 heteroatoms. The van der Waals surface area contributed by atoms with Gasteiger partial charge in [0.1, 0.15) is 0 Å². The first kappa shape index (κ1) is 14.0. The predicted octanol–water partition coefficient (Wildman–Crippen LogP) is 3.36. The molecule has 1 aliphatic rings. The molecule has 1 unspecified atom stereocenters. The van der Waals surface area contributed by atoms with Crippen LogP contribution in [-0.2, 0) is 4.74 Å². The molecule has 0 aromatic carbocycles. The molecule has 0 aliphatic heterocycles. The van der Waals surface area contributed by atoms with Gasteiger partial charge in [-0.3, -0.25) is 0 Å². The van der Waals surface area contributed by atoms with Crippen LogP contribution >= 0.6 is 0 Å². The van der Waals surface area contributed by atoms with Gasteiger partial charge in [0.2, 0.25) is 0 Å². The maximum absolute atomic E-state index is 5.07. The van der Waals surface area contributed by atoms with Crippen molar-refractivity contribution in [3.8, 4) is 0 Å². The maximum atomic E-state index is 5.07. The number of unbranched alkanes of at least 4 members (excludes halogenated alkanes) is 1. The number of hydrogen-bond acceptors (Lipinski definition) is 2. The standard InChI is InChI=1S/C14H29NO/c1-13(10-12-16-2)15-11-6-5-9-14-7-3-4-8-14/h13-15H,3-12H2,1-2H3. The molecular formula is C14H29NO. The molecule has 1 rings (SSSR count). The Morgan fingerprint density at radius 1 is 1.25 bits per heavy atom. The summed E-state index contributed by atoms with van der Waals surface area (Å²) in [5.41, 5.74) is 0. The summed E-state index contributed by atoms with van der Waals surface area (Å²) in [6.45, 7) is 4.30. The van der Waals surface area contributed by atoms with Crippen molar-refractivity contribution in [2.45, 2.75) is 64.3 Å². The SMILES string of the molecule is COCCC(C)NCCCCC1CCCC1. The van der Waals surface area contributed by atoms with Gasteiger partial charge in [0.05, 0.1) is 0 Å². The zero-order chi connectivity index (χ0) is 11.6. The van der Waals surface area contributed by atoms with Gasteiger partial charge in [-0.1, -0.05) is 38.5 Å². The molecule has 0 spiro atoms. The number of ether oxygens (including phenoxy) is 1. The van der Waals surface area contributed by atoms with Crippen molar-refractivity contribution in [1.82, 2.24) is 5.32 Å². The molecule has 0 radical (unpaired) electrons. The Balaban J connectivity index is 1.83. The zero-order valence-corrected chi connectivity index (χ0v) is 11.1. The second-order valence-corrected chi connectivity index (χ2v) is 5.28. The zero-order valence-electron chi connectivity index (χ0n) is 11.1. The monoisotopic (exact) mass is 227 g/mol. The summed E-state index contributed by atoms with van der Waals surface area (Å²) in [4.78, 5) is 0. The Labute approximate surface area is 101 Å². The lowest BCUT2D eigenvalue weighted by Crippen LogP contribution is -2.28. The van der Waals surface area contributed by atoms with E-state index in [1.165, 1.54) is 51.5 Å². The highest BCUT2D eigenvalue weighted by molar-refractivity contribution is 4.67. The van der Waals surface area contributed by atoms with E-state index in [-0.39, 0.29) is 0 Å². The summed E-state index contributed by atoms with van der Waals surface area (Å²) in [5.74, 6) is 1.06. The van der Waals surface area contributed by atoms with Gasteiger partial charge in [-0.2, -0.15) is 0 Å². The van der Waals surface area contributed by atoms with Gasteiger partial charge in [0.15, 0.2) is 0 Å². The third kappa shape index (κ3) is 6.49. The average molecular weight is 227 g/mol. The molecule has 2 nitrogen and oxygen atoms in total. The Bertz CT molecular complexity index is 155. The Hall–Kier alpha value is -0.0800. The Morgan fingerprint density at radius 2 is 2.00 bits per heavy atom. The van der Waals surface area contributed by atoms with Crippen LogP contribution in [0.3, 0.4) is 0 Å². The highest BCUT2D eigenvalue weighted by Gasteiger charge is 2.13. The minimum absolute atomic E-state index is 0.603. The van der Waals surface area contributed by atoms with Gasteiger partial charge in [-0.15, -0.1) is 0 Å². The van der Waals surface area contributed by atoms with Crippen LogP contribution in [0.1, 0.15) is 58.3 Å². The molecule has 96 valence electrons. The highest BCUT2D eigenvalue weighted by Crippen LogP contribution is 2.28. The van der Waals surface area contributed by atoms with E-state index in [0.29, 0.717) is 6.04 Å². The van der Waals surface area contributed by atoms with Crippen molar-refractivity contribution < 1.29 is 4.74 Å². The molecule has 1 fully saturated rings. The van der Waals surface area contributed by atoms with E-state index in [9.17, 15) is 0 Å². The molecule has 0 saturated heterocycles. The molecule has 1 N–H and O–H groups in total. The Morgan fingerprint density at radius 3 is 2.69 bits per heavy atom. The van der Waals surface area contributed by atoms with Crippen LogP contribution in [0.2, 0.25) is 0 Å². The number of methoxy groups -OCH3 is 1. The predicted molar refractivity (Wildman–Crippen MR) is 69.8 cm³/mol. The first-order valence-corrected chi connectivity index (χ1v) is 7.05. The van der Waals surface area contributed by atoms with Crippen LogP contribution in [0.25, 0.3) is 0 Å². The smallest absolute Gasteiger partial charge is 0.0476 e. The van der Waals surface area contributed by atoms with E-state index >= 15 is 0 Å². The summed E-state index contributed by atoms with van der Waals surface area (Å²) in [6, 6.07) is 0.603. The fourth-order valence-corrected chi connectivity index (χ4v) is 2.60. The van der Waals surface area contributed by atoms with Crippen molar-refractivity contribution >= 4 is 0 Å². The molecule has 16 heavy (non-hydrogen) atoms. The van der Waals surface area contributed by atoms with E-state index in [1.807, 2.05) is 0 Å². The van der Waals surface area contributed by atoms with Gasteiger partial charge in [-0.25, -0.2) is 0 Å². The van der Waals surface area contributed by atoms with Gasteiger partial charge in [0, 0.05) is 19.8 Å². The number of hydrogen-bond donors (Lipinski definition) is 1. The van der Waals surface area contributed by atoms with Crippen LogP contribution < -0.4 is 5.32 Å². The normalized spacial score (nSPS) is 19.1. The summed E-state index contributed by atoms with van der Waals surface area (Å²) < 4.78 is 5.07. The molecule has 0 heterocycles. The maximum Gasteiger partial charge on any atom is 0.0476 e. The van der Waals surface area contributed by atoms with Gasteiger partial charge in [-0.05, 0) is 32.2 Å². The second-order valence-electron chi connectivity index (χ2n) is 5.28. The fourth-order valence-electron chi connectivity index (χ4n) is 2.60. The van der Waals surface area contributed by atoms with Crippen molar-refractivity contribution in [3.05, 3.63) is 0 Å². The minimum atomic E-state index is 0.603. The van der Waals surface area contributed by atoms with Crippen molar-refractivity contribution in [2.75, 3.05) is 20.3 Å². The summed E-state index contributed by atoms with van der Waals surface area (Å²) >= 11 is 0. The largest absolute Gasteiger partial charge is 0.385 e. The fraction of sp³-hybridized carbons (Fsp3) is 1.00. The van der Waals surface area contributed by atoms with E-state index in [2.05, 4.69) is 12.2 Å². The second kappa shape index (κ2) is 9.00. The summed E-state index contributed by atoms with van der Waals surface area (Å²) in [7, 11) is 1.77. The van der Waals surface area contributed by atoms with Crippen LogP contribution in [0.5, 0.6) is 0 Å². The van der Waals surface area contributed by atoms with Crippen LogP contribution in [0, 0.1) is 5.92 Å². The number of nitrogens with one attached hydrogen (secondary N) is 1. The lowest BCUT2D eigenvalue weighted by Gasteiger charge is -2.13. The van der Waals surface area contributed by atoms with Crippen LogP contribution in [0.4, 0.5) is 0 Å². The van der Waals surface area contributed by atoms with Gasteiger partial charge < -0.3 is 10.1 Å². The Kier molecular flexibility index (Phi) is 7.87. The molecule has 1 atom stereocenters. The van der Waals surface area contributed by atoms with E-state index in [1.54, 1.807) is 7.11 Å². The lowest BCUT2D eigenvalue weighted by molar-refractivity contribution is 0.185. The third-order valence-corrected chi connectivity index (χ3v) is 3.76. The third-order valence-electron chi connectivity index (χ3n) is 3.76. The molecule has 0 amide bonds. The molecule has 1 saturated carbocycles. The van der Waals surface area contributed by atoms with E-state index < -0.39 is 0 Å². The lowest BCUT2D eigenvalue weighted by atomic mass is 10.0. The van der Waals surface area contributed by atoms with Gasteiger partial charge >= 0.3 is 0 Å². The van der Waals surface area contributed by atoms with Crippen molar-refractivity contribution in [1.29, 1.82) is 0 Å². The highest BCUT2D eigenvalue weighted by atomic mass is 16.5. The minimum Gasteiger partial charge on any atom is -0.385 e. The summed E-state index contributed by atoms with van der Waals surface area (Å²) in [5, 5.41) is 3.56. The molecule has 0 bridgehead atoms. The average Bonchev–Trinajstić information content (AvgIpc) is 2.79. The number of rotatable bonds is 9. The van der Waals surface area contributed by atoms with Crippen molar-refractivity contribution in [3.63, 3.8) is 0 Å². The topological polar surface area (TPSA) is 21.3 Å². The van der Waals surface area contributed by atoms with Gasteiger partial charge in [0.25, 0.3) is 0 Å². The molecule has 1 aliphatic carbocycles. The van der Waals surface area contributed by atoms with Crippen molar-refractivity contribution in [2.24, 2.45) is 5.92 Å². The first-order valence-electron chi connectivity index (χ1n) is 7.05. The summed E-state index contributed by atoms with van der Waals surface area (Å²) in [6.07, 6.45) is 11.3. The molecule has 0 aromatic heterocycles. The van der Waals surface area contributed by atoms with Crippen LogP contribution in [-0.4, -0.2) is 26.3 Å².